The van der Waals surface area contributed by atoms with Gasteiger partial charge in [0.15, 0.2) is 11.6 Å². The molecule has 1 nitrogen and oxygen atoms in total. The highest BCUT2D eigenvalue weighted by molar-refractivity contribution is 5.64. The molecular weight excluding hydrogens is 246 g/mol. The van der Waals surface area contributed by atoms with E-state index in [-0.39, 0.29) is 5.56 Å². The topological polar surface area (TPSA) is 9.23 Å². The molecule has 0 aliphatic carbocycles. The Labute approximate surface area is 111 Å². The van der Waals surface area contributed by atoms with Gasteiger partial charge in [-0.2, -0.15) is 0 Å². The number of hydrogen-bond donors (Lipinski definition) is 0. The minimum Gasteiger partial charge on any atom is -0.493 e. The van der Waals surface area contributed by atoms with Crippen LogP contribution in [-0.4, -0.2) is 6.61 Å². The quantitative estimate of drug-likeness (QED) is 0.564. The van der Waals surface area contributed by atoms with Crippen LogP contribution in [0.3, 0.4) is 0 Å². The average molecular weight is 260 g/mol. The van der Waals surface area contributed by atoms with Gasteiger partial charge in [0.25, 0.3) is 0 Å². The number of rotatable bonds is 5. The van der Waals surface area contributed by atoms with E-state index in [1.807, 2.05) is 0 Å². The highest BCUT2D eigenvalue weighted by Crippen LogP contribution is 2.26. The van der Waals surface area contributed by atoms with E-state index in [0.29, 0.717) is 17.9 Å². The van der Waals surface area contributed by atoms with Crippen LogP contribution in [0, 0.1) is 11.6 Å². The van der Waals surface area contributed by atoms with Crippen molar-refractivity contribution in [2.45, 2.75) is 6.42 Å². The van der Waals surface area contributed by atoms with Crippen LogP contribution in [0.2, 0.25) is 0 Å². The van der Waals surface area contributed by atoms with Gasteiger partial charge in [0.05, 0.1) is 6.61 Å². The number of benzene rings is 2. The molecule has 0 N–H and O–H groups in total. The maximum atomic E-state index is 13.6. The molecule has 0 saturated heterocycles. The van der Waals surface area contributed by atoms with Crippen LogP contribution in [0.15, 0.2) is 55.1 Å². The van der Waals surface area contributed by atoms with E-state index in [9.17, 15) is 8.78 Å². The van der Waals surface area contributed by atoms with E-state index >= 15 is 0 Å². The third kappa shape index (κ3) is 3.19. The lowest BCUT2D eigenvalue weighted by Gasteiger charge is -2.07. The van der Waals surface area contributed by atoms with Crippen molar-refractivity contribution in [2.75, 3.05) is 6.61 Å². The Bertz CT molecular complexity index is 561. The van der Waals surface area contributed by atoms with Gasteiger partial charge in [0.1, 0.15) is 5.75 Å². The SMILES string of the molecule is C=CCCOc1ccc(-c2cccc(F)c2F)cc1. The fraction of sp³-hybridized carbons (Fsp3) is 0.125. The molecule has 19 heavy (non-hydrogen) atoms. The minimum absolute atomic E-state index is 0.248. The van der Waals surface area contributed by atoms with Crippen molar-refractivity contribution in [3.05, 3.63) is 66.8 Å². The zero-order valence-corrected chi connectivity index (χ0v) is 10.4. The zero-order valence-electron chi connectivity index (χ0n) is 10.4. The van der Waals surface area contributed by atoms with Crippen molar-refractivity contribution in [1.29, 1.82) is 0 Å². The van der Waals surface area contributed by atoms with Crippen LogP contribution in [-0.2, 0) is 0 Å². The molecular formula is C16H14F2O. The fourth-order valence-corrected chi connectivity index (χ4v) is 1.72. The van der Waals surface area contributed by atoms with Gasteiger partial charge in [-0.3, -0.25) is 0 Å². The van der Waals surface area contributed by atoms with E-state index in [1.54, 1.807) is 36.4 Å². The molecule has 0 amide bonds. The molecule has 0 heterocycles. The van der Waals surface area contributed by atoms with E-state index in [2.05, 4.69) is 6.58 Å². The average Bonchev–Trinajstić information content (AvgIpc) is 2.43. The second kappa shape index (κ2) is 6.14. The zero-order chi connectivity index (χ0) is 13.7. The van der Waals surface area contributed by atoms with Crippen LogP contribution in [0.5, 0.6) is 5.75 Å². The Kier molecular flexibility index (Phi) is 4.29. The monoisotopic (exact) mass is 260 g/mol. The smallest absolute Gasteiger partial charge is 0.166 e. The largest absolute Gasteiger partial charge is 0.493 e. The lowest BCUT2D eigenvalue weighted by molar-refractivity contribution is 0.325. The van der Waals surface area contributed by atoms with Crippen molar-refractivity contribution in [1.82, 2.24) is 0 Å². The Balaban J connectivity index is 2.18. The summed E-state index contributed by atoms with van der Waals surface area (Å²) in [6, 6.07) is 11.0. The summed E-state index contributed by atoms with van der Waals surface area (Å²) in [6.07, 6.45) is 2.54. The van der Waals surface area contributed by atoms with E-state index < -0.39 is 11.6 Å². The van der Waals surface area contributed by atoms with Crippen molar-refractivity contribution in [3.8, 4) is 16.9 Å². The predicted molar refractivity (Wildman–Crippen MR) is 72.1 cm³/mol. The molecule has 0 radical (unpaired) electrons. The molecule has 0 aliphatic rings. The van der Waals surface area contributed by atoms with Crippen molar-refractivity contribution in [3.63, 3.8) is 0 Å². The number of hydrogen-bond acceptors (Lipinski definition) is 1. The van der Waals surface area contributed by atoms with Gasteiger partial charge in [-0.1, -0.05) is 30.3 Å². The van der Waals surface area contributed by atoms with Crippen LogP contribution in [0.25, 0.3) is 11.1 Å². The van der Waals surface area contributed by atoms with Gasteiger partial charge in [0.2, 0.25) is 0 Å². The van der Waals surface area contributed by atoms with E-state index in [1.165, 1.54) is 6.07 Å². The Hall–Kier alpha value is -2.16. The fourth-order valence-electron chi connectivity index (χ4n) is 1.72. The Morgan fingerprint density at radius 3 is 2.47 bits per heavy atom. The summed E-state index contributed by atoms with van der Waals surface area (Å²) >= 11 is 0. The van der Waals surface area contributed by atoms with Crippen LogP contribution in [0.1, 0.15) is 6.42 Å². The molecule has 98 valence electrons. The maximum Gasteiger partial charge on any atom is 0.166 e. The second-order valence-electron chi connectivity index (χ2n) is 4.05. The second-order valence-corrected chi connectivity index (χ2v) is 4.05. The van der Waals surface area contributed by atoms with Crippen molar-refractivity contribution >= 4 is 0 Å². The normalized spacial score (nSPS) is 10.2. The van der Waals surface area contributed by atoms with Gasteiger partial charge in [-0.15, -0.1) is 6.58 Å². The lowest BCUT2D eigenvalue weighted by atomic mass is 10.0. The summed E-state index contributed by atoms with van der Waals surface area (Å²) in [5, 5.41) is 0. The Morgan fingerprint density at radius 1 is 1.05 bits per heavy atom. The first-order chi connectivity index (χ1) is 9.22. The van der Waals surface area contributed by atoms with Crippen molar-refractivity contribution < 1.29 is 13.5 Å². The van der Waals surface area contributed by atoms with Gasteiger partial charge < -0.3 is 4.74 Å². The molecule has 2 aromatic carbocycles. The molecule has 0 aliphatic heterocycles. The summed E-state index contributed by atoms with van der Waals surface area (Å²) < 4.78 is 32.2. The van der Waals surface area contributed by atoms with Crippen LogP contribution >= 0.6 is 0 Å². The summed E-state index contributed by atoms with van der Waals surface area (Å²) in [7, 11) is 0. The molecule has 0 spiro atoms. The van der Waals surface area contributed by atoms with Crippen molar-refractivity contribution in [2.24, 2.45) is 0 Å². The first-order valence-electron chi connectivity index (χ1n) is 6.00. The van der Waals surface area contributed by atoms with Gasteiger partial charge in [-0.05, 0) is 30.2 Å². The van der Waals surface area contributed by atoms with Crippen LogP contribution < -0.4 is 4.74 Å². The molecule has 3 heteroatoms. The molecule has 0 saturated carbocycles. The third-order valence-corrected chi connectivity index (χ3v) is 2.71. The molecule has 0 fully saturated rings. The number of ether oxygens (including phenoxy) is 1. The van der Waals surface area contributed by atoms with Gasteiger partial charge in [0, 0.05) is 5.56 Å². The van der Waals surface area contributed by atoms with Crippen LogP contribution in [0.4, 0.5) is 8.78 Å². The van der Waals surface area contributed by atoms with Gasteiger partial charge in [-0.25, -0.2) is 8.78 Å². The maximum absolute atomic E-state index is 13.6. The third-order valence-electron chi connectivity index (χ3n) is 2.71. The van der Waals surface area contributed by atoms with E-state index in [4.69, 9.17) is 4.74 Å². The molecule has 0 unspecified atom stereocenters. The lowest BCUT2D eigenvalue weighted by Crippen LogP contribution is -1.95. The molecule has 0 aromatic heterocycles. The molecule has 0 bridgehead atoms. The highest BCUT2D eigenvalue weighted by atomic mass is 19.2. The first kappa shape index (κ1) is 13.3. The number of halogens is 2. The molecule has 2 aromatic rings. The summed E-state index contributed by atoms with van der Waals surface area (Å²) in [5.41, 5.74) is 0.866. The van der Waals surface area contributed by atoms with Gasteiger partial charge >= 0.3 is 0 Å². The van der Waals surface area contributed by atoms with E-state index in [0.717, 1.165) is 12.5 Å². The summed E-state index contributed by atoms with van der Waals surface area (Å²) in [4.78, 5) is 0. The Morgan fingerprint density at radius 2 is 1.79 bits per heavy atom. The minimum atomic E-state index is -0.844. The highest BCUT2D eigenvalue weighted by Gasteiger charge is 2.09. The summed E-state index contributed by atoms with van der Waals surface area (Å²) in [6.45, 7) is 4.16. The standard InChI is InChI=1S/C16H14F2O/c1-2-3-11-19-13-9-7-12(8-10-13)14-5-4-6-15(17)16(14)18/h2,4-10H,1,3,11H2. The predicted octanol–water partition coefficient (Wildman–Crippen LogP) is 4.59. The molecule has 0 atom stereocenters. The first-order valence-corrected chi connectivity index (χ1v) is 6.00. The summed E-state index contributed by atoms with van der Waals surface area (Å²) in [5.74, 6) is -0.978. The molecule has 2 rings (SSSR count).